The molecule has 0 radical (unpaired) electrons. The zero-order chi connectivity index (χ0) is 32.8. The molecule has 4 rings (SSSR count). The first-order valence-corrected chi connectivity index (χ1v) is 16.1. The van der Waals surface area contributed by atoms with Gasteiger partial charge in [0.15, 0.2) is 0 Å². The van der Waals surface area contributed by atoms with E-state index in [0.29, 0.717) is 35.5 Å². The lowest BCUT2D eigenvalue weighted by Gasteiger charge is -2.30. The van der Waals surface area contributed by atoms with E-state index in [2.05, 4.69) is 15.5 Å². The third-order valence-electron chi connectivity index (χ3n) is 7.16. The highest BCUT2D eigenvalue weighted by molar-refractivity contribution is 7.98. The van der Waals surface area contributed by atoms with Crippen LogP contribution in [0.4, 0.5) is 13.2 Å². The second-order valence-electron chi connectivity index (χ2n) is 10.1. The summed E-state index contributed by atoms with van der Waals surface area (Å²) in [4.78, 5) is 16.6. The molecule has 1 N–H and O–H groups in total. The molecule has 0 unspecified atom stereocenters. The van der Waals surface area contributed by atoms with E-state index >= 15 is 0 Å². The predicted octanol–water partition coefficient (Wildman–Crippen LogP) is 5.14. The first kappa shape index (κ1) is 33.8. The van der Waals surface area contributed by atoms with Crippen LogP contribution in [0.5, 0.6) is 11.5 Å². The van der Waals surface area contributed by atoms with Gasteiger partial charge < -0.3 is 9.47 Å². The number of hydrogen-bond acceptors (Lipinski definition) is 9. The first-order valence-electron chi connectivity index (χ1n) is 13.6. The number of alkyl halides is 3. The number of sulfonamides is 1. The number of hydrogen-bond donors (Lipinski definition) is 1. The Bertz CT molecular complexity index is 1720. The fourth-order valence-corrected chi connectivity index (χ4v) is 7.19. The molecule has 238 valence electrons. The molecule has 1 aliphatic rings. The average Bonchev–Trinajstić information content (AvgIpc) is 3.03. The van der Waals surface area contributed by atoms with Crippen LogP contribution in [0.3, 0.4) is 0 Å². The highest BCUT2D eigenvalue weighted by Crippen LogP contribution is 2.35. The summed E-state index contributed by atoms with van der Waals surface area (Å²) >= 11 is 0.977. The van der Waals surface area contributed by atoms with Crippen molar-refractivity contribution in [1.82, 2.24) is 14.7 Å². The van der Waals surface area contributed by atoms with Crippen LogP contribution in [-0.2, 0) is 26.7 Å². The van der Waals surface area contributed by atoms with Gasteiger partial charge in [-0.05, 0) is 79.4 Å². The zero-order valence-electron chi connectivity index (χ0n) is 24.6. The van der Waals surface area contributed by atoms with E-state index in [1.807, 2.05) is 6.07 Å². The maximum Gasteiger partial charge on any atom is 0.433 e. The molecule has 0 saturated carbocycles. The highest BCUT2D eigenvalue weighted by Gasteiger charge is 2.34. The van der Waals surface area contributed by atoms with Gasteiger partial charge in [0.05, 0.1) is 30.9 Å². The lowest BCUT2D eigenvalue weighted by Crippen LogP contribution is -2.42. The highest BCUT2D eigenvalue weighted by atomic mass is 32.2. The number of nitriles is 1. The van der Waals surface area contributed by atoms with Gasteiger partial charge in [0.1, 0.15) is 28.3 Å². The molecular formula is C30H30F3N5O5S2. The molecule has 1 fully saturated rings. The van der Waals surface area contributed by atoms with E-state index in [-0.39, 0.29) is 45.8 Å². The molecule has 2 aromatic carbocycles. The van der Waals surface area contributed by atoms with E-state index in [0.717, 1.165) is 17.8 Å². The summed E-state index contributed by atoms with van der Waals surface area (Å²) in [5.74, 6) is 0.406. The quantitative estimate of drug-likeness (QED) is 0.179. The number of pyridine rings is 1. The molecule has 0 spiro atoms. The van der Waals surface area contributed by atoms with Crippen LogP contribution in [0.1, 0.15) is 40.8 Å². The standard InChI is InChI=1S/C30H30F3N5O5S2/c1-19-14-27(30(31,32)33)36-29(25(19)16-34)44-18-22-15-20(4-9-26(22)43-3)17-35-37-28(39)21-10-12-38(13-11-21)45(40,41)24-7-5-23(42-2)6-8-24/h4-9,14-15,17,21H,10-13,18H2,1-3H3,(H,37,39)/b35-17-. The van der Waals surface area contributed by atoms with Crippen LogP contribution in [0.15, 0.2) is 63.6 Å². The molecule has 0 atom stereocenters. The van der Waals surface area contributed by atoms with Crippen molar-refractivity contribution in [2.75, 3.05) is 27.3 Å². The van der Waals surface area contributed by atoms with Crippen molar-refractivity contribution >= 4 is 33.9 Å². The summed E-state index contributed by atoms with van der Waals surface area (Å²) in [7, 11) is -0.749. The van der Waals surface area contributed by atoms with Gasteiger partial charge in [-0.25, -0.2) is 18.8 Å². The van der Waals surface area contributed by atoms with Crippen molar-refractivity contribution in [2.24, 2.45) is 11.0 Å². The summed E-state index contributed by atoms with van der Waals surface area (Å²) in [6.07, 6.45) is -2.58. The smallest absolute Gasteiger partial charge is 0.433 e. The molecule has 45 heavy (non-hydrogen) atoms. The second kappa shape index (κ2) is 14.3. The Morgan fingerprint density at radius 2 is 1.84 bits per heavy atom. The summed E-state index contributed by atoms with van der Waals surface area (Å²) in [5.41, 5.74) is 2.87. The maximum atomic E-state index is 13.3. The largest absolute Gasteiger partial charge is 0.497 e. The number of carbonyl (C=O) groups excluding carboxylic acids is 1. The van der Waals surface area contributed by atoms with Crippen LogP contribution < -0.4 is 14.9 Å². The Balaban J connectivity index is 1.37. The van der Waals surface area contributed by atoms with Gasteiger partial charge in [0.25, 0.3) is 0 Å². The predicted molar refractivity (Wildman–Crippen MR) is 161 cm³/mol. The van der Waals surface area contributed by atoms with Crippen LogP contribution in [0.2, 0.25) is 0 Å². The maximum absolute atomic E-state index is 13.3. The normalized spacial score (nSPS) is 14.7. The van der Waals surface area contributed by atoms with Crippen molar-refractivity contribution in [1.29, 1.82) is 5.26 Å². The van der Waals surface area contributed by atoms with E-state index < -0.39 is 27.8 Å². The van der Waals surface area contributed by atoms with Crippen LogP contribution in [-0.4, -0.2) is 57.1 Å². The van der Waals surface area contributed by atoms with Gasteiger partial charge >= 0.3 is 6.18 Å². The van der Waals surface area contributed by atoms with Crippen molar-refractivity contribution < 1.29 is 35.9 Å². The molecule has 3 aromatic rings. The number of piperidine rings is 1. The number of ether oxygens (including phenoxy) is 2. The molecule has 1 aromatic heterocycles. The van der Waals surface area contributed by atoms with Crippen molar-refractivity contribution in [3.05, 3.63) is 76.5 Å². The number of aromatic nitrogens is 1. The van der Waals surface area contributed by atoms with Crippen LogP contribution >= 0.6 is 11.8 Å². The van der Waals surface area contributed by atoms with Crippen LogP contribution in [0, 0.1) is 24.2 Å². The van der Waals surface area contributed by atoms with E-state index in [1.165, 1.54) is 43.8 Å². The number of benzene rings is 2. The molecule has 10 nitrogen and oxygen atoms in total. The van der Waals surface area contributed by atoms with Crippen molar-refractivity contribution in [3.63, 3.8) is 0 Å². The number of amides is 1. The zero-order valence-corrected chi connectivity index (χ0v) is 26.2. The van der Waals surface area contributed by atoms with Gasteiger partial charge in [-0.3, -0.25) is 4.79 Å². The van der Waals surface area contributed by atoms with Crippen molar-refractivity contribution in [2.45, 2.75) is 41.6 Å². The minimum absolute atomic E-state index is 0.0407. The summed E-state index contributed by atoms with van der Waals surface area (Å²) < 4.78 is 77.7. The minimum Gasteiger partial charge on any atom is -0.497 e. The molecule has 1 aliphatic heterocycles. The molecular weight excluding hydrogens is 631 g/mol. The van der Waals surface area contributed by atoms with E-state index in [4.69, 9.17) is 9.47 Å². The number of methoxy groups -OCH3 is 2. The number of nitrogens with zero attached hydrogens (tertiary/aromatic N) is 4. The molecule has 2 heterocycles. The molecule has 0 bridgehead atoms. The summed E-state index contributed by atoms with van der Waals surface area (Å²) in [6.45, 7) is 1.80. The van der Waals surface area contributed by atoms with E-state index in [9.17, 15) is 31.6 Å². The molecule has 1 amide bonds. The van der Waals surface area contributed by atoms with Gasteiger partial charge in [-0.15, -0.1) is 11.8 Å². The lowest BCUT2D eigenvalue weighted by atomic mass is 9.98. The third-order valence-corrected chi connectivity index (χ3v) is 10.1. The minimum atomic E-state index is -4.65. The number of carbonyl (C=O) groups is 1. The summed E-state index contributed by atoms with van der Waals surface area (Å²) in [6, 6.07) is 14.0. The second-order valence-corrected chi connectivity index (χ2v) is 13.0. The summed E-state index contributed by atoms with van der Waals surface area (Å²) in [5, 5.41) is 13.5. The Labute approximate surface area is 263 Å². The number of halogens is 3. The number of rotatable bonds is 10. The van der Waals surface area contributed by atoms with E-state index in [1.54, 1.807) is 30.3 Å². The number of nitrogens with one attached hydrogen (secondary N) is 1. The number of hydrazone groups is 1. The fourth-order valence-electron chi connectivity index (χ4n) is 4.68. The molecule has 15 heteroatoms. The monoisotopic (exact) mass is 661 g/mol. The van der Waals surface area contributed by atoms with Gasteiger partial charge in [-0.2, -0.15) is 27.8 Å². The van der Waals surface area contributed by atoms with Crippen LogP contribution in [0.25, 0.3) is 0 Å². The number of thioether (sulfide) groups is 1. The Morgan fingerprint density at radius 3 is 2.44 bits per heavy atom. The number of aryl methyl sites for hydroxylation is 1. The molecule has 1 saturated heterocycles. The Kier molecular flexibility index (Phi) is 10.7. The Hall–Kier alpha value is -4.13. The Morgan fingerprint density at radius 1 is 1.16 bits per heavy atom. The van der Waals surface area contributed by atoms with Crippen molar-refractivity contribution in [3.8, 4) is 17.6 Å². The fraction of sp³-hybridized carbons (Fsp3) is 0.333. The topological polar surface area (TPSA) is 134 Å². The first-order chi connectivity index (χ1) is 21.4. The molecule has 0 aliphatic carbocycles. The average molecular weight is 662 g/mol. The van der Waals surface area contributed by atoms with Gasteiger partial charge in [0, 0.05) is 30.3 Å². The SMILES string of the molecule is COc1ccc(S(=O)(=O)N2CCC(C(=O)N/N=C\c3ccc(OC)c(CSc4nc(C(F)(F)F)cc(C)c4C#N)c3)CC2)cc1. The van der Waals surface area contributed by atoms with Gasteiger partial charge in [-0.1, -0.05) is 0 Å². The third kappa shape index (κ3) is 8.13. The lowest BCUT2D eigenvalue weighted by molar-refractivity contribution is -0.141. The van der Waals surface area contributed by atoms with Gasteiger partial charge in [0.2, 0.25) is 15.9 Å².